The Morgan fingerprint density at radius 3 is 2.57 bits per heavy atom. The summed E-state index contributed by atoms with van der Waals surface area (Å²) in [6, 6.07) is 0.925. The lowest BCUT2D eigenvalue weighted by Gasteiger charge is -2.30. The molecule has 21 heavy (non-hydrogen) atoms. The van der Waals surface area contributed by atoms with Crippen LogP contribution in [0.5, 0.6) is 0 Å². The predicted molar refractivity (Wildman–Crippen MR) is 63.9 cm³/mol. The average molecular weight is 308 g/mol. The van der Waals surface area contributed by atoms with E-state index in [1.165, 1.54) is 0 Å². The maximum absolute atomic E-state index is 13.1. The summed E-state index contributed by atoms with van der Waals surface area (Å²) in [7, 11) is 0. The molecule has 2 rings (SSSR count). The van der Waals surface area contributed by atoms with Crippen molar-refractivity contribution in [2.24, 2.45) is 0 Å². The second kappa shape index (κ2) is 4.98. The van der Waals surface area contributed by atoms with E-state index in [-0.39, 0.29) is 0 Å². The number of ether oxygens (including phenoxy) is 1. The van der Waals surface area contributed by atoms with Gasteiger partial charge in [-0.2, -0.15) is 0 Å². The summed E-state index contributed by atoms with van der Waals surface area (Å²) in [5, 5.41) is 29.3. The predicted octanol–water partition coefficient (Wildman–Crippen LogP) is -1.83. The van der Waals surface area contributed by atoms with Crippen molar-refractivity contribution in [2.45, 2.75) is 36.9 Å². The zero-order chi connectivity index (χ0) is 16.0. The number of hydrogen-bond donors (Lipinski definition) is 4. The van der Waals surface area contributed by atoms with Gasteiger partial charge >= 0.3 is 5.69 Å². The van der Waals surface area contributed by atoms with Crippen LogP contribution in [-0.4, -0.2) is 55.2 Å². The number of nitrogens with zero attached hydrogens (tertiary/aromatic N) is 1. The van der Waals surface area contributed by atoms with Crippen molar-refractivity contribution in [1.29, 1.82) is 0 Å². The normalized spacial score (nSPS) is 36.3. The SMILES string of the molecule is C[C@]1(O)[C@H](n2ccc(=O)[nH]c2=O)O[C@@](CO)(C(F)F)[C@H]1O. The Balaban J connectivity index is 2.55. The molecule has 1 saturated heterocycles. The number of hydrogen-bond acceptors (Lipinski definition) is 6. The van der Waals surface area contributed by atoms with Crippen LogP contribution in [0, 0.1) is 0 Å². The van der Waals surface area contributed by atoms with Gasteiger partial charge in [0.2, 0.25) is 0 Å². The summed E-state index contributed by atoms with van der Waals surface area (Å²) in [6.07, 6.45) is -6.24. The quantitative estimate of drug-likeness (QED) is 0.521. The minimum atomic E-state index is -3.31. The number of aromatic nitrogens is 2. The molecule has 0 radical (unpaired) electrons. The van der Waals surface area contributed by atoms with E-state index in [1.54, 1.807) is 0 Å². The summed E-state index contributed by atoms with van der Waals surface area (Å²) >= 11 is 0. The molecular formula is C11H14F2N2O6. The van der Waals surface area contributed by atoms with Gasteiger partial charge in [0.15, 0.2) is 11.8 Å². The molecule has 4 atom stereocenters. The number of H-pyrrole nitrogens is 1. The Morgan fingerprint density at radius 1 is 1.52 bits per heavy atom. The molecule has 1 aromatic heterocycles. The lowest BCUT2D eigenvalue weighted by molar-refractivity contribution is -0.195. The number of alkyl halides is 2. The third-order valence-electron chi connectivity index (χ3n) is 3.57. The number of rotatable bonds is 3. The Bertz CT molecular complexity index is 642. The summed E-state index contributed by atoms with van der Waals surface area (Å²) in [5.74, 6) is 0. The van der Waals surface area contributed by atoms with Gasteiger partial charge in [-0.1, -0.05) is 0 Å². The van der Waals surface area contributed by atoms with E-state index in [0.717, 1.165) is 19.2 Å². The van der Waals surface area contributed by atoms with Gasteiger partial charge in [0, 0.05) is 12.3 Å². The van der Waals surface area contributed by atoms with Crippen LogP contribution in [0.2, 0.25) is 0 Å². The van der Waals surface area contributed by atoms with Crippen molar-refractivity contribution in [2.75, 3.05) is 6.61 Å². The number of nitrogens with one attached hydrogen (secondary N) is 1. The fourth-order valence-electron chi connectivity index (χ4n) is 2.34. The molecule has 1 aromatic rings. The minimum Gasteiger partial charge on any atom is -0.393 e. The number of aliphatic hydroxyl groups is 3. The fraction of sp³-hybridized carbons (Fsp3) is 0.636. The first kappa shape index (κ1) is 15.8. The second-order valence-corrected chi connectivity index (χ2v) is 5.03. The van der Waals surface area contributed by atoms with Gasteiger partial charge in [-0.25, -0.2) is 13.6 Å². The Kier molecular flexibility index (Phi) is 3.74. The van der Waals surface area contributed by atoms with E-state index in [1.807, 2.05) is 4.98 Å². The molecule has 0 aromatic carbocycles. The molecule has 1 fully saturated rings. The first-order chi connectivity index (χ1) is 9.66. The van der Waals surface area contributed by atoms with Crippen LogP contribution in [-0.2, 0) is 4.74 Å². The Hall–Kier alpha value is -1.62. The van der Waals surface area contributed by atoms with Gasteiger partial charge in [-0.3, -0.25) is 14.3 Å². The lowest BCUT2D eigenvalue weighted by atomic mass is 9.88. The number of aromatic amines is 1. The van der Waals surface area contributed by atoms with Crippen LogP contribution >= 0.6 is 0 Å². The highest BCUT2D eigenvalue weighted by atomic mass is 19.3. The van der Waals surface area contributed by atoms with Crippen LogP contribution in [0.3, 0.4) is 0 Å². The van der Waals surface area contributed by atoms with Gasteiger partial charge in [-0.15, -0.1) is 0 Å². The topological polar surface area (TPSA) is 125 Å². The van der Waals surface area contributed by atoms with Crippen LogP contribution in [0.15, 0.2) is 21.9 Å². The van der Waals surface area contributed by atoms with E-state index in [4.69, 9.17) is 9.84 Å². The highest BCUT2D eigenvalue weighted by Crippen LogP contribution is 2.46. The van der Waals surface area contributed by atoms with Gasteiger partial charge in [0.25, 0.3) is 12.0 Å². The second-order valence-electron chi connectivity index (χ2n) is 5.03. The molecule has 1 aliphatic heterocycles. The fourth-order valence-corrected chi connectivity index (χ4v) is 2.34. The Morgan fingerprint density at radius 2 is 2.14 bits per heavy atom. The summed E-state index contributed by atoms with van der Waals surface area (Å²) in [4.78, 5) is 24.5. The van der Waals surface area contributed by atoms with Gasteiger partial charge < -0.3 is 20.1 Å². The maximum Gasteiger partial charge on any atom is 0.330 e. The monoisotopic (exact) mass is 308 g/mol. The van der Waals surface area contributed by atoms with Gasteiger partial charge in [-0.05, 0) is 6.92 Å². The van der Waals surface area contributed by atoms with Crippen molar-refractivity contribution in [3.05, 3.63) is 33.1 Å². The van der Waals surface area contributed by atoms with Crippen LogP contribution < -0.4 is 11.2 Å². The third-order valence-corrected chi connectivity index (χ3v) is 3.57. The molecule has 0 unspecified atom stereocenters. The van der Waals surface area contributed by atoms with Crippen LogP contribution in [0.4, 0.5) is 8.78 Å². The van der Waals surface area contributed by atoms with Crippen molar-refractivity contribution >= 4 is 0 Å². The number of aliphatic hydroxyl groups excluding tert-OH is 2. The smallest absolute Gasteiger partial charge is 0.330 e. The van der Waals surface area contributed by atoms with Crippen molar-refractivity contribution in [3.8, 4) is 0 Å². The van der Waals surface area contributed by atoms with Crippen molar-refractivity contribution in [1.82, 2.24) is 9.55 Å². The van der Waals surface area contributed by atoms with E-state index in [2.05, 4.69) is 0 Å². The third kappa shape index (κ3) is 2.20. The zero-order valence-electron chi connectivity index (χ0n) is 10.9. The largest absolute Gasteiger partial charge is 0.393 e. The molecule has 0 saturated carbocycles. The molecule has 10 heteroatoms. The molecule has 8 nitrogen and oxygen atoms in total. The van der Waals surface area contributed by atoms with Crippen molar-refractivity contribution in [3.63, 3.8) is 0 Å². The van der Waals surface area contributed by atoms with E-state index in [9.17, 15) is 28.6 Å². The zero-order valence-corrected chi connectivity index (χ0v) is 10.9. The van der Waals surface area contributed by atoms with Crippen LogP contribution in [0.25, 0.3) is 0 Å². The van der Waals surface area contributed by atoms with Crippen molar-refractivity contribution < 1.29 is 28.8 Å². The molecule has 2 heterocycles. The first-order valence-electron chi connectivity index (χ1n) is 5.95. The molecule has 0 aliphatic carbocycles. The average Bonchev–Trinajstić information content (AvgIpc) is 2.60. The van der Waals surface area contributed by atoms with Gasteiger partial charge in [0.05, 0.1) is 6.61 Å². The summed E-state index contributed by atoms with van der Waals surface area (Å²) in [6.45, 7) is -0.281. The molecule has 118 valence electrons. The highest BCUT2D eigenvalue weighted by Gasteiger charge is 2.65. The van der Waals surface area contributed by atoms with Gasteiger partial charge in [0.1, 0.15) is 11.7 Å². The van der Waals surface area contributed by atoms with E-state index in [0.29, 0.717) is 4.57 Å². The van der Waals surface area contributed by atoms with Crippen LogP contribution in [0.1, 0.15) is 13.2 Å². The minimum absolute atomic E-state index is 0.657. The molecule has 1 aliphatic rings. The number of halogens is 2. The molecular weight excluding hydrogens is 294 g/mol. The van der Waals surface area contributed by atoms with E-state index < -0.39 is 47.8 Å². The summed E-state index contributed by atoms with van der Waals surface area (Å²) in [5.41, 5.74) is -6.76. The lowest BCUT2D eigenvalue weighted by Crippen LogP contribution is -2.55. The maximum atomic E-state index is 13.1. The Labute approximate surface area is 116 Å². The van der Waals surface area contributed by atoms with E-state index >= 15 is 0 Å². The standard InChI is InChI=1S/C11H14F2N2O6/c1-10(20)6(18)11(4-16,7(12)13)21-8(10)15-3-2-5(17)14-9(15)19/h2-3,6-8,16,18,20H,4H2,1H3,(H,14,17,19)/t6-,8+,10+,11+/m0/s1. The summed E-state index contributed by atoms with van der Waals surface area (Å²) < 4.78 is 31.9. The highest BCUT2D eigenvalue weighted by molar-refractivity contribution is 5.09. The molecule has 4 N–H and O–H groups in total. The molecule has 0 bridgehead atoms. The molecule has 0 spiro atoms. The first-order valence-corrected chi connectivity index (χ1v) is 5.95. The molecule has 0 amide bonds.